The average molecular weight is 531 g/mol. The summed E-state index contributed by atoms with van der Waals surface area (Å²) in [7, 11) is 0. The predicted molar refractivity (Wildman–Crippen MR) is 144 cm³/mol. The lowest BCUT2D eigenvalue weighted by Gasteiger charge is -2.37. The molecule has 38 heavy (non-hydrogen) atoms. The predicted octanol–water partition coefficient (Wildman–Crippen LogP) is 4.55. The minimum absolute atomic E-state index is 0.200. The Labute approximate surface area is 225 Å². The van der Waals surface area contributed by atoms with Crippen molar-refractivity contribution in [1.82, 2.24) is 15.5 Å². The molecule has 1 unspecified atom stereocenters. The van der Waals surface area contributed by atoms with Crippen molar-refractivity contribution in [3.8, 4) is 0 Å². The molecular formula is C29H43FN4O4. The molecule has 1 aromatic carbocycles. The van der Waals surface area contributed by atoms with E-state index in [1.807, 2.05) is 32.9 Å². The molecule has 2 aliphatic heterocycles. The number of alkyl carbamates (subject to hydrolysis) is 1. The number of ether oxygens (including phenoxy) is 1. The van der Waals surface area contributed by atoms with E-state index in [-0.39, 0.29) is 36.1 Å². The number of anilines is 1. The van der Waals surface area contributed by atoms with Gasteiger partial charge in [-0.2, -0.15) is 0 Å². The third-order valence-corrected chi connectivity index (χ3v) is 8.02. The molecule has 2 saturated heterocycles. The lowest BCUT2D eigenvalue weighted by molar-refractivity contribution is -0.133. The van der Waals surface area contributed by atoms with Crippen LogP contribution in [0, 0.1) is 17.7 Å². The smallest absolute Gasteiger partial charge is 0.407 e. The van der Waals surface area contributed by atoms with Crippen LogP contribution in [0.25, 0.3) is 0 Å². The number of rotatable bonds is 7. The minimum Gasteiger partial charge on any atom is -0.444 e. The van der Waals surface area contributed by atoms with Gasteiger partial charge in [0.2, 0.25) is 11.8 Å². The quantitative estimate of drug-likeness (QED) is 0.447. The van der Waals surface area contributed by atoms with Gasteiger partial charge in [0.25, 0.3) is 0 Å². The Balaban J connectivity index is 1.17. The molecule has 0 radical (unpaired) electrons. The first-order valence-electron chi connectivity index (χ1n) is 14.1. The highest BCUT2D eigenvalue weighted by Crippen LogP contribution is 2.34. The lowest BCUT2D eigenvalue weighted by atomic mass is 9.81. The Morgan fingerprint density at radius 2 is 1.74 bits per heavy atom. The number of piperidine rings is 2. The molecule has 1 saturated carbocycles. The number of hydrogen-bond donors (Lipinski definition) is 3. The van der Waals surface area contributed by atoms with E-state index in [1.165, 1.54) is 18.9 Å². The Kier molecular flexibility index (Phi) is 9.28. The second kappa shape index (κ2) is 12.5. The zero-order valence-electron chi connectivity index (χ0n) is 23.0. The highest BCUT2D eigenvalue weighted by atomic mass is 19.1. The first kappa shape index (κ1) is 28.3. The molecule has 1 atom stereocenters. The van der Waals surface area contributed by atoms with E-state index in [4.69, 9.17) is 4.74 Å². The van der Waals surface area contributed by atoms with Crippen LogP contribution in [0.4, 0.5) is 14.9 Å². The largest absolute Gasteiger partial charge is 0.444 e. The molecule has 210 valence electrons. The van der Waals surface area contributed by atoms with Crippen LogP contribution >= 0.6 is 0 Å². The fourth-order valence-electron chi connectivity index (χ4n) is 5.93. The van der Waals surface area contributed by atoms with Gasteiger partial charge in [0, 0.05) is 25.2 Å². The van der Waals surface area contributed by atoms with E-state index in [2.05, 4.69) is 20.9 Å². The highest BCUT2D eigenvalue weighted by Gasteiger charge is 2.29. The van der Waals surface area contributed by atoms with Crippen molar-refractivity contribution < 1.29 is 23.5 Å². The van der Waals surface area contributed by atoms with Crippen molar-refractivity contribution in [1.29, 1.82) is 0 Å². The maximum Gasteiger partial charge on any atom is 0.407 e. The molecule has 1 aromatic rings. The van der Waals surface area contributed by atoms with Crippen LogP contribution < -0.4 is 16.0 Å². The van der Waals surface area contributed by atoms with E-state index >= 15 is 4.39 Å². The minimum atomic E-state index is -0.516. The molecular weight excluding hydrogens is 487 g/mol. The fourth-order valence-corrected chi connectivity index (χ4v) is 5.93. The molecule has 0 spiro atoms. The molecule has 9 heteroatoms. The van der Waals surface area contributed by atoms with Gasteiger partial charge in [-0.25, -0.2) is 9.18 Å². The topological polar surface area (TPSA) is 99.8 Å². The number of carbonyl (C=O) groups excluding carboxylic acids is 3. The molecule has 1 aliphatic carbocycles. The molecule has 2 heterocycles. The Morgan fingerprint density at radius 3 is 2.37 bits per heavy atom. The van der Waals surface area contributed by atoms with Crippen LogP contribution in [-0.2, 0) is 14.3 Å². The third-order valence-electron chi connectivity index (χ3n) is 8.02. The number of likely N-dealkylation sites (tertiary alicyclic amines) is 1. The number of nitrogens with zero attached hydrogens (tertiary/aromatic N) is 1. The number of amides is 3. The second-order valence-corrected chi connectivity index (χ2v) is 12.2. The van der Waals surface area contributed by atoms with Crippen molar-refractivity contribution in [2.24, 2.45) is 11.8 Å². The molecule has 3 fully saturated rings. The summed E-state index contributed by atoms with van der Waals surface area (Å²) in [6.07, 6.45) is 6.85. The summed E-state index contributed by atoms with van der Waals surface area (Å²) in [5.41, 5.74) is 0.839. The Bertz CT molecular complexity index is 995. The number of nitrogens with one attached hydrogen (secondary N) is 3. The van der Waals surface area contributed by atoms with E-state index in [1.54, 1.807) is 0 Å². The molecule has 8 nitrogen and oxygen atoms in total. The zero-order chi connectivity index (χ0) is 27.3. The number of benzene rings is 1. The van der Waals surface area contributed by atoms with Crippen molar-refractivity contribution in [3.05, 3.63) is 29.6 Å². The van der Waals surface area contributed by atoms with Gasteiger partial charge in [0.15, 0.2) is 0 Å². The van der Waals surface area contributed by atoms with Gasteiger partial charge in [-0.15, -0.1) is 0 Å². The van der Waals surface area contributed by atoms with Gasteiger partial charge in [-0.05, 0) is 114 Å². The Morgan fingerprint density at radius 1 is 1.05 bits per heavy atom. The Hall–Kier alpha value is -2.68. The summed E-state index contributed by atoms with van der Waals surface area (Å²) in [5, 5.41) is 8.30. The van der Waals surface area contributed by atoms with Gasteiger partial charge in [0.1, 0.15) is 17.5 Å². The summed E-state index contributed by atoms with van der Waals surface area (Å²) in [4.78, 5) is 37.7. The normalized spacial score (nSPS) is 25.5. The maximum atomic E-state index is 15.0. The van der Waals surface area contributed by atoms with Gasteiger partial charge >= 0.3 is 6.09 Å². The average Bonchev–Trinajstić information content (AvgIpc) is 2.85. The van der Waals surface area contributed by atoms with E-state index < -0.39 is 11.6 Å². The van der Waals surface area contributed by atoms with Gasteiger partial charge in [-0.1, -0.05) is 6.07 Å². The lowest BCUT2D eigenvalue weighted by Crippen LogP contribution is -2.47. The summed E-state index contributed by atoms with van der Waals surface area (Å²) in [6.45, 7) is 9.34. The fraction of sp³-hybridized carbons (Fsp3) is 0.690. The van der Waals surface area contributed by atoms with Crippen molar-refractivity contribution in [2.75, 3.05) is 31.5 Å². The molecule has 3 aliphatic rings. The summed E-state index contributed by atoms with van der Waals surface area (Å²) < 4.78 is 20.3. The van der Waals surface area contributed by atoms with E-state index in [9.17, 15) is 14.4 Å². The first-order valence-corrected chi connectivity index (χ1v) is 14.1. The summed E-state index contributed by atoms with van der Waals surface area (Å²) in [5.74, 6) is 0.536. The summed E-state index contributed by atoms with van der Waals surface area (Å²) in [6, 6.07) is 4.64. The molecule has 0 bridgehead atoms. The monoisotopic (exact) mass is 530 g/mol. The third kappa shape index (κ3) is 8.16. The van der Waals surface area contributed by atoms with Crippen molar-refractivity contribution >= 4 is 23.6 Å². The van der Waals surface area contributed by atoms with Crippen LogP contribution in [0.5, 0.6) is 0 Å². The van der Waals surface area contributed by atoms with Crippen LogP contribution in [0.2, 0.25) is 0 Å². The summed E-state index contributed by atoms with van der Waals surface area (Å²) >= 11 is 0. The number of carbonyl (C=O) groups is 3. The van der Waals surface area contributed by atoms with E-state index in [0.717, 1.165) is 50.9 Å². The number of hydrogen-bond acceptors (Lipinski definition) is 6. The molecule has 4 rings (SSSR count). The van der Waals surface area contributed by atoms with Crippen LogP contribution in [0.15, 0.2) is 18.2 Å². The van der Waals surface area contributed by atoms with Crippen LogP contribution in [0.1, 0.15) is 83.6 Å². The molecule has 3 amide bonds. The van der Waals surface area contributed by atoms with Crippen LogP contribution in [0.3, 0.4) is 0 Å². The second-order valence-electron chi connectivity index (χ2n) is 12.2. The maximum absolute atomic E-state index is 15.0. The number of imide groups is 1. The van der Waals surface area contributed by atoms with Gasteiger partial charge in [-0.3, -0.25) is 14.9 Å². The van der Waals surface area contributed by atoms with Gasteiger partial charge in [0.05, 0.1) is 0 Å². The zero-order valence-corrected chi connectivity index (χ0v) is 23.0. The molecule has 3 N–H and O–H groups in total. The molecule has 0 aromatic heterocycles. The number of halogens is 1. The standard InChI is InChI=1S/C29H43FN4O4/c1-29(2,3)38-28(37)31-17-19-4-6-20(7-5-19)18-34-14-12-21(13-15-34)23-9-8-22(16-24(23)30)32-25-10-11-26(35)33-27(25)36/h8-9,16,19-21,25,32H,4-7,10-15,17-18H2,1-3H3,(H,31,37)(H,33,35,36)/t19-,20-,25?. The highest BCUT2D eigenvalue weighted by molar-refractivity contribution is 6.01. The SMILES string of the molecule is CC(C)(C)OC(=O)NC[C@H]1CC[C@H](CN2CCC(c3ccc(NC4CCC(=O)NC4=O)cc3F)CC2)CC1. The van der Waals surface area contributed by atoms with Crippen molar-refractivity contribution in [3.63, 3.8) is 0 Å². The first-order chi connectivity index (χ1) is 18.1. The van der Waals surface area contributed by atoms with Gasteiger partial charge < -0.3 is 20.3 Å². The van der Waals surface area contributed by atoms with Crippen molar-refractivity contribution in [2.45, 2.75) is 89.7 Å². The van der Waals surface area contributed by atoms with Crippen LogP contribution in [-0.4, -0.2) is 60.6 Å². The van der Waals surface area contributed by atoms with E-state index in [0.29, 0.717) is 30.5 Å².